The monoisotopic (exact) mass is 243 g/mol. The molecule has 0 saturated carbocycles. The molecule has 1 aromatic rings. The molecule has 1 atom stereocenters. The van der Waals surface area contributed by atoms with Crippen molar-refractivity contribution in [3.8, 4) is 0 Å². The van der Waals surface area contributed by atoms with Crippen molar-refractivity contribution in [1.29, 1.82) is 0 Å². The van der Waals surface area contributed by atoms with Crippen molar-refractivity contribution in [3.05, 3.63) is 41.5 Å². The molecule has 0 aromatic heterocycles. The second kappa shape index (κ2) is 5.49. The molecule has 1 aliphatic carbocycles. The van der Waals surface area contributed by atoms with E-state index in [9.17, 15) is 4.79 Å². The van der Waals surface area contributed by atoms with Crippen molar-refractivity contribution >= 4 is 11.4 Å². The normalized spacial score (nSPS) is 20.1. The largest absolute Gasteiger partial charge is 0.309 e. The first kappa shape index (κ1) is 13.0. The minimum absolute atomic E-state index is 0.265. The smallest absolute Gasteiger partial charge is 0.156 e. The van der Waals surface area contributed by atoms with Crippen LogP contribution in [0.2, 0.25) is 0 Å². The summed E-state index contributed by atoms with van der Waals surface area (Å²) in [4.78, 5) is 13.9. The molecular formula is C16H21NO. The molecule has 0 bridgehead atoms. The van der Waals surface area contributed by atoms with E-state index in [1.54, 1.807) is 0 Å². The first-order valence-corrected chi connectivity index (χ1v) is 6.52. The van der Waals surface area contributed by atoms with Crippen molar-refractivity contribution in [2.75, 3.05) is 20.6 Å². The summed E-state index contributed by atoms with van der Waals surface area (Å²) in [6, 6.07) is 8.44. The molecule has 2 heteroatoms. The highest BCUT2D eigenvalue weighted by molar-refractivity contribution is 5.99. The summed E-state index contributed by atoms with van der Waals surface area (Å²) in [5.74, 6) is 0.737. The summed E-state index contributed by atoms with van der Waals surface area (Å²) in [7, 11) is 4.18. The fourth-order valence-electron chi connectivity index (χ4n) is 2.61. The third kappa shape index (κ3) is 3.08. The Morgan fingerprint density at radius 3 is 2.78 bits per heavy atom. The van der Waals surface area contributed by atoms with E-state index in [0.717, 1.165) is 13.0 Å². The Hall–Kier alpha value is -1.41. The SMILES string of the molecule is Cc1cccc(C2=CC(=O)CCC2CN(C)C)c1. The van der Waals surface area contributed by atoms with Crippen LogP contribution >= 0.6 is 0 Å². The maximum atomic E-state index is 11.7. The summed E-state index contributed by atoms with van der Waals surface area (Å²) in [5, 5.41) is 0. The molecule has 0 aliphatic heterocycles. The molecule has 1 aliphatic rings. The topological polar surface area (TPSA) is 20.3 Å². The van der Waals surface area contributed by atoms with Crippen LogP contribution in [0.25, 0.3) is 5.57 Å². The fourth-order valence-corrected chi connectivity index (χ4v) is 2.61. The van der Waals surface area contributed by atoms with Crippen LogP contribution in [0.3, 0.4) is 0 Å². The Kier molecular flexibility index (Phi) is 3.97. The first-order chi connectivity index (χ1) is 8.56. The predicted molar refractivity (Wildman–Crippen MR) is 75.4 cm³/mol. The molecule has 2 nitrogen and oxygen atoms in total. The lowest BCUT2D eigenvalue weighted by atomic mass is 9.82. The zero-order valence-electron chi connectivity index (χ0n) is 11.4. The first-order valence-electron chi connectivity index (χ1n) is 6.52. The molecular weight excluding hydrogens is 222 g/mol. The van der Waals surface area contributed by atoms with Crippen molar-refractivity contribution < 1.29 is 4.79 Å². The van der Waals surface area contributed by atoms with Gasteiger partial charge >= 0.3 is 0 Å². The molecule has 0 spiro atoms. The second-order valence-electron chi connectivity index (χ2n) is 5.43. The quantitative estimate of drug-likeness (QED) is 0.813. The van der Waals surface area contributed by atoms with Crippen LogP contribution in [0.15, 0.2) is 30.3 Å². The lowest BCUT2D eigenvalue weighted by Gasteiger charge is -2.27. The van der Waals surface area contributed by atoms with Crippen LogP contribution in [0.5, 0.6) is 0 Å². The van der Waals surface area contributed by atoms with Gasteiger partial charge in [-0.05, 0) is 50.6 Å². The molecule has 0 fully saturated rings. The van der Waals surface area contributed by atoms with Gasteiger partial charge in [-0.3, -0.25) is 4.79 Å². The summed E-state index contributed by atoms with van der Waals surface area (Å²) in [5.41, 5.74) is 3.66. The molecule has 0 N–H and O–H groups in total. The van der Waals surface area contributed by atoms with E-state index in [2.05, 4.69) is 50.2 Å². The van der Waals surface area contributed by atoms with Crippen molar-refractivity contribution in [2.24, 2.45) is 5.92 Å². The Morgan fingerprint density at radius 1 is 1.33 bits per heavy atom. The van der Waals surface area contributed by atoms with Crippen LogP contribution in [0.1, 0.15) is 24.0 Å². The van der Waals surface area contributed by atoms with Gasteiger partial charge in [0.15, 0.2) is 5.78 Å². The van der Waals surface area contributed by atoms with Gasteiger partial charge < -0.3 is 4.90 Å². The van der Waals surface area contributed by atoms with Gasteiger partial charge in [0.05, 0.1) is 0 Å². The summed E-state index contributed by atoms with van der Waals surface area (Å²) >= 11 is 0. The standard InChI is InChI=1S/C16H21NO/c1-12-5-4-6-13(9-12)16-10-15(18)8-7-14(16)11-17(2)3/h4-6,9-10,14H,7-8,11H2,1-3H3. The maximum absolute atomic E-state index is 11.7. The Bertz CT molecular complexity index is 474. The number of nitrogens with zero attached hydrogens (tertiary/aromatic N) is 1. The number of hydrogen-bond acceptors (Lipinski definition) is 2. The third-order valence-corrected chi connectivity index (χ3v) is 3.43. The average Bonchev–Trinajstić information content (AvgIpc) is 2.31. The van der Waals surface area contributed by atoms with Crippen molar-refractivity contribution in [3.63, 3.8) is 0 Å². The van der Waals surface area contributed by atoms with Crippen molar-refractivity contribution in [2.45, 2.75) is 19.8 Å². The van der Waals surface area contributed by atoms with Gasteiger partial charge in [-0.2, -0.15) is 0 Å². The zero-order valence-corrected chi connectivity index (χ0v) is 11.4. The van der Waals surface area contributed by atoms with E-state index >= 15 is 0 Å². The molecule has 96 valence electrons. The average molecular weight is 243 g/mol. The van der Waals surface area contributed by atoms with Crippen LogP contribution in [0, 0.1) is 12.8 Å². The van der Waals surface area contributed by atoms with Gasteiger partial charge in [0.1, 0.15) is 0 Å². The summed E-state index contributed by atoms with van der Waals surface area (Å²) in [6.45, 7) is 3.10. The number of allylic oxidation sites excluding steroid dienone is 1. The zero-order chi connectivity index (χ0) is 13.1. The maximum Gasteiger partial charge on any atom is 0.156 e. The van der Waals surface area contributed by atoms with Crippen LogP contribution in [0.4, 0.5) is 0 Å². The number of carbonyl (C=O) groups excluding carboxylic acids is 1. The molecule has 0 amide bonds. The highest BCUT2D eigenvalue weighted by atomic mass is 16.1. The summed E-state index contributed by atoms with van der Waals surface area (Å²) in [6.07, 6.45) is 3.51. The predicted octanol–water partition coefficient (Wildman–Crippen LogP) is 2.92. The van der Waals surface area contributed by atoms with E-state index in [1.165, 1.54) is 16.7 Å². The van der Waals surface area contributed by atoms with E-state index in [0.29, 0.717) is 12.3 Å². The Morgan fingerprint density at radius 2 is 2.11 bits per heavy atom. The number of ketones is 1. The number of hydrogen-bond donors (Lipinski definition) is 0. The lowest BCUT2D eigenvalue weighted by Crippen LogP contribution is -2.25. The molecule has 0 heterocycles. The molecule has 1 unspecified atom stereocenters. The van der Waals surface area contributed by atoms with Gasteiger partial charge in [0.2, 0.25) is 0 Å². The van der Waals surface area contributed by atoms with Crippen LogP contribution in [-0.4, -0.2) is 31.3 Å². The van der Waals surface area contributed by atoms with Crippen molar-refractivity contribution in [1.82, 2.24) is 4.90 Å². The number of carbonyl (C=O) groups is 1. The van der Waals surface area contributed by atoms with Gasteiger partial charge in [0.25, 0.3) is 0 Å². The van der Waals surface area contributed by atoms with Crippen LogP contribution in [-0.2, 0) is 4.79 Å². The minimum atomic E-state index is 0.265. The molecule has 2 rings (SSSR count). The van der Waals surface area contributed by atoms with E-state index in [-0.39, 0.29) is 5.78 Å². The van der Waals surface area contributed by atoms with E-state index in [4.69, 9.17) is 0 Å². The summed E-state index contributed by atoms with van der Waals surface area (Å²) < 4.78 is 0. The highest BCUT2D eigenvalue weighted by Crippen LogP contribution is 2.32. The molecule has 0 saturated heterocycles. The number of benzene rings is 1. The Labute approximate surface area is 109 Å². The van der Waals surface area contributed by atoms with E-state index < -0.39 is 0 Å². The minimum Gasteiger partial charge on any atom is -0.309 e. The second-order valence-corrected chi connectivity index (χ2v) is 5.43. The molecule has 1 aromatic carbocycles. The van der Waals surface area contributed by atoms with Crippen LogP contribution < -0.4 is 0 Å². The Balaban J connectivity index is 2.33. The molecule has 0 radical (unpaired) electrons. The van der Waals surface area contributed by atoms with Gasteiger partial charge in [-0.25, -0.2) is 0 Å². The highest BCUT2D eigenvalue weighted by Gasteiger charge is 2.23. The van der Waals surface area contributed by atoms with Gasteiger partial charge in [-0.15, -0.1) is 0 Å². The van der Waals surface area contributed by atoms with Gasteiger partial charge in [0, 0.05) is 13.0 Å². The number of rotatable bonds is 3. The fraction of sp³-hybridized carbons (Fsp3) is 0.438. The lowest BCUT2D eigenvalue weighted by molar-refractivity contribution is -0.115. The van der Waals surface area contributed by atoms with E-state index in [1.807, 2.05) is 6.08 Å². The van der Waals surface area contributed by atoms with Gasteiger partial charge in [-0.1, -0.05) is 29.8 Å². The number of aryl methyl sites for hydroxylation is 1. The third-order valence-electron chi connectivity index (χ3n) is 3.43. The molecule has 18 heavy (non-hydrogen) atoms.